The van der Waals surface area contributed by atoms with Crippen molar-refractivity contribution in [1.82, 2.24) is 9.80 Å². The molecule has 0 N–H and O–H groups in total. The third-order valence-electron chi connectivity index (χ3n) is 9.71. The summed E-state index contributed by atoms with van der Waals surface area (Å²) in [4.78, 5) is 15.2. The third kappa shape index (κ3) is 8.56. The maximum atomic E-state index is 6.81. The quantitative estimate of drug-likeness (QED) is 0.265. The summed E-state index contributed by atoms with van der Waals surface area (Å²) in [5, 5.41) is 0. The monoisotopic (exact) mass is 647 g/mol. The number of hydrogen-bond donors (Lipinski definition) is 0. The van der Waals surface area contributed by atoms with Crippen LogP contribution in [0.5, 0.6) is 11.5 Å². The Hall–Kier alpha value is -2.95. The van der Waals surface area contributed by atoms with Crippen molar-refractivity contribution in [1.29, 1.82) is 0 Å². The molecule has 3 heterocycles. The van der Waals surface area contributed by atoms with Crippen molar-refractivity contribution >= 4 is 39.7 Å². The van der Waals surface area contributed by atoms with Crippen LogP contribution < -0.4 is 7.58 Å². The minimum atomic E-state index is -0.844. The maximum absolute atomic E-state index is 6.81. The molecule has 0 spiro atoms. The van der Waals surface area contributed by atoms with Gasteiger partial charge in [0.05, 0.1) is 22.9 Å². The van der Waals surface area contributed by atoms with E-state index in [4.69, 9.17) is 17.6 Å². The fraction of sp³-hybridized carbons (Fsp3) is 0.500. The van der Waals surface area contributed by atoms with Crippen LogP contribution in [0.15, 0.2) is 58.5 Å². The largest absolute Gasteiger partial charge is 0.881 e. The summed E-state index contributed by atoms with van der Waals surface area (Å²) in [5.74, 6) is 1.79. The summed E-state index contributed by atoms with van der Waals surface area (Å²) in [6, 6.07) is 17.4. The van der Waals surface area contributed by atoms with Crippen LogP contribution in [0.25, 0.3) is 0 Å². The lowest BCUT2D eigenvalue weighted by atomic mass is 9.84. The molecular weight excluding hydrogens is 595 g/mol. The van der Waals surface area contributed by atoms with Gasteiger partial charge >= 0.3 is 15.9 Å². The predicted octanol–water partition coefficient (Wildman–Crippen LogP) is 9.06. The SMILES string of the molecule is CC(C)(C)c1cc2c(c(CN3CCCCC3)c1)[O][Al][O]c1c(cc(C(C)(C)C)cc1CN1CCCCC1)C=Nc1ccccc1N=C2. The van der Waals surface area contributed by atoms with Gasteiger partial charge in [-0.25, -0.2) is 0 Å². The molecule has 6 rings (SSSR count). The number of fused-ring (bicyclic) bond motifs is 3. The van der Waals surface area contributed by atoms with Gasteiger partial charge in [-0.3, -0.25) is 19.8 Å². The Kier molecular flexibility index (Phi) is 10.6. The zero-order valence-electron chi connectivity index (χ0n) is 29.4. The van der Waals surface area contributed by atoms with E-state index in [2.05, 4.69) is 75.6 Å². The lowest BCUT2D eigenvalue weighted by molar-refractivity contribution is 0.218. The molecule has 0 aliphatic carbocycles. The van der Waals surface area contributed by atoms with Crippen molar-refractivity contribution in [2.24, 2.45) is 9.98 Å². The van der Waals surface area contributed by atoms with Gasteiger partial charge in [0, 0.05) is 47.8 Å². The predicted molar refractivity (Wildman–Crippen MR) is 196 cm³/mol. The molecule has 247 valence electrons. The average Bonchev–Trinajstić information content (AvgIpc) is 3.05. The van der Waals surface area contributed by atoms with Crippen molar-refractivity contribution in [3.05, 3.63) is 81.9 Å². The van der Waals surface area contributed by atoms with Gasteiger partial charge in [0.2, 0.25) is 0 Å². The molecule has 3 aliphatic rings. The smallest absolute Gasteiger partial charge is 0.615 e. The Morgan fingerprint density at radius 1 is 0.596 bits per heavy atom. The van der Waals surface area contributed by atoms with Gasteiger partial charge in [-0.15, -0.1) is 0 Å². The van der Waals surface area contributed by atoms with E-state index in [1.54, 1.807) is 0 Å². The van der Waals surface area contributed by atoms with E-state index >= 15 is 0 Å². The number of para-hydroxylation sites is 2. The second kappa shape index (κ2) is 14.7. The highest BCUT2D eigenvalue weighted by Gasteiger charge is 2.26. The van der Waals surface area contributed by atoms with Crippen LogP contribution in [0, 0.1) is 0 Å². The van der Waals surface area contributed by atoms with E-state index in [1.807, 2.05) is 36.7 Å². The second-order valence-electron chi connectivity index (χ2n) is 15.6. The molecular formula is C40H52AlN4O2. The van der Waals surface area contributed by atoms with Crippen molar-refractivity contribution in [3.63, 3.8) is 0 Å². The van der Waals surface area contributed by atoms with E-state index in [-0.39, 0.29) is 10.8 Å². The van der Waals surface area contributed by atoms with Gasteiger partial charge < -0.3 is 7.58 Å². The number of likely N-dealkylation sites (tertiary alicyclic amines) is 2. The number of rotatable bonds is 4. The molecule has 2 fully saturated rings. The lowest BCUT2D eigenvalue weighted by Crippen LogP contribution is -2.30. The number of aliphatic imine (C=N–C) groups is 2. The molecule has 47 heavy (non-hydrogen) atoms. The summed E-state index contributed by atoms with van der Waals surface area (Å²) in [6.07, 6.45) is 11.6. The molecule has 0 bridgehead atoms. The van der Waals surface area contributed by atoms with Gasteiger partial charge in [-0.2, -0.15) is 0 Å². The van der Waals surface area contributed by atoms with E-state index < -0.39 is 15.9 Å². The highest BCUT2D eigenvalue weighted by atomic mass is 27.2. The minimum Gasteiger partial charge on any atom is -0.615 e. The molecule has 6 nitrogen and oxygen atoms in total. The lowest BCUT2D eigenvalue weighted by Gasteiger charge is -2.30. The molecule has 0 aromatic heterocycles. The number of hydrogen-bond acceptors (Lipinski definition) is 6. The molecule has 0 amide bonds. The van der Waals surface area contributed by atoms with Gasteiger partial charge in [0.25, 0.3) is 0 Å². The highest BCUT2D eigenvalue weighted by Crippen LogP contribution is 2.37. The standard InChI is InChI=1S/C40H54N4O2.Al/c1-39(2,3)33-21-29(37(45)31(23-33)27-43-17-11-7-12-18-43)25-41-35-15-9-10-16-36(35)42-26-30-22-34(40(4,5)6)24-32(38(30)46)28-44-19-13-8-14-20-44;/h9-10,15-16,21-26,45-46H,7-8,11-14,17-20,27-28H2,1-6H3;/q;+2/p-2. The minimum absolute atomic E-state index is 0.0146. The summed E-state index contributed by atoms with van der Waals surface area (Å²) < 4.78 is 13.6. The van der Waals surface area contributed by atoms with E-state index in [1.165, 1.54) is 60.8 Å². The Morgan fingerprint density at radius 2 is 1.00 bits per heavy atom. The molecule has 3 aromatic carbocycles. The van der Waals surface area contributed by atoms with Gasteiger partial charge in [0.1, 0.15) is 0 Å². The first-order chi connectivity index (χ1) is 22.5. The van der Waals surface area contributed by atoms with E-state index in [0.717, 1.165) is 73.3 Å². The molecule has 0 atom stereocenters. The van der Waals surface area contributed by atoms with Crippen LogP contribution in [0.3, 0.4) is 0 Å². The molecule has 7 heteroatoms. The van der Waals surface area contributed by atoms with Crippen LogP contribution in [-0.4, -0.2) is 64.3 Å². The Balaban J connectivity index is 1.48. The average molecular weight is 648 g/mol. The normalized spacial score (nSPS) is 17.9. The van der Waals surface area contributed by atoms with Gasteiger partial charge in [-0.05, 0) is 98.1 Å². The topological polar surface area (TPSA) is 49.7 Å². The van der Waals surface area contributed by atoms with Crippen LogP contribution in [-0.2, 0) is 23.9 Å². The highest BCUT2D eigenvalue weighted by molar-refractivity contribution is 6.21. The fourth-order valence-electron chi connectivity index (χ4n) is 6.80. The molecule has 3 aromatic rings. The Labute approximate surface area is 289 Å². The van der Waals surface area contributed by atoms with Crippen LogP contribution >= 0.6 is 0 Å². The third-order valence-corrected chi connectivity index (χ3v) is 10.4. The van der Waals surface area contributed by atoms with Crippen molar-refractivity contribution in [2.75, 3.05) is 26.2 Å². The summed E-state index contributed by atoms with van der Waals surface area (Å²) >= 11 is -0.844. The molecule has 2 saturated heterocycles. The summed E-state index contributed by atoms with van der Waals surface area (Å²) in [6.45, 7) is 19.9. The molecule has 1 radical (unpaired) electrons. The summed E-state index contributed by atoms with van der Waals surface area (Å²) in [5.41, 5.74) is 8.64. The van der Waals surface area contributed by atoms with Crippen LogP contribution in [0.2, 0.25) is 0 Å². The van der Waals surface area contributed by atoms with Crippen molar-refractivity contribution in [3.8, 4) is 11.5 Å². The molecule has 0 saturated carbocycles. The first-order valence-corrected chi connectivity index (χ1v) is 18.6. The Bertz CT molecular complexity index is 1490. The fourth-order valence-corrected chi connectivity index (χ4v) is 7.62. The van der Waals surface area contributed by atoms with Crippen LogP contribution in [0.1, 0.15) is 113 Å². The maximum Gasteiger partial charge on any atom is 0.881 e. The zero-order chi connectivity index (χ0) is 33.0. The van der Waals surface area contributed by atoms with Gasteiger partial charge in [-0.1, -0.05) is 78.6 Å². The van der Waals surface area contributed by atoms with Gasteiger partial charge in [0.15, 0.2) is 0 Å². The number of nitrogens with zero attached hydrogens (tertiary/aromatic N) is 4. The van der Waals surface area contributed by atoms with Crippen molar-refractivity contribution in [2.45, 2.75) is 104 Å². The first-order valence-electron chi connectivity index (χ1n) is 17.7. The Morgan fingerprint density at radius 3 is 1.38 bits per heavy atom. The first kappa shape index (κ1) is 33.9. The van der Waals surface area contributed by atoms with Crippen LogP contribution in [0.4, 0.5) is 11.4 Å². The number of piperidine rings is 2. The van der Waals surface area contributed by atoms with Crippen molar-refractivity contribution < 1.29 is 7.58 Å². The number of benzene rings is 3. The summed E-state index contributed by atoms with van der Waals surface area (Å²) in [7, 11) is 0. The molecule has 3 aliphatic heterocycles. The van der Waals surface area contributed by atoms with E-state index in [9.17, 15) is 0 Å². The second-order valence-corrected chi connectivity index (χ2v) is 16.3. The zero-order valence-corrected chi connectivity index (χ0v) is 30.6. The molecule has 0 unspecified atom stereocenters. The van der Waals surface area contributed by atoms with E-state index in [0.29, 0.717) is 0 Å².